The van der Waals surface area contributed by atoms with Gasteiger partial charge in [0.1, 0.15) is 5.75 Å². The standard InChI is InChI=1S/C17H11BrN2O5/c1-24-15-7-6-11(8-12(15)18)16-19-13(17(21)25-16)9-10-4-2-3-5-14(10)20(22)23/h2-9H,1H3/b13-9-. The van der Waals surface area contributed by atoms with Crippen LogP contribution in [-0.2, 0) is 9.53 Å². The Hall–Kier alpha value is -3.00. The first-order chi connectivity index (χ1) is 12.0. The van der Waals surface area contributed by atoms with E-state index >= 15 is 0 Å². The van der Waals surface area contributed by atoms with E-state index in [1.54, 1.807) is 37.4 Å². The molecular formula is C17H11BrN2O5. The van der Waals surface area contributed by atoms with Crippen molar-refractivity contribution in [3.63, 3.8) is 0 Å². The molecule has 0 unspecified atom stereocenters. The summed E-state index contributed by atoms with van der Waals surface area (Å²) >= 11 is 3.35. The fraction of sp³-hybridized carbons (Fsp3) is 0.0588. The minimum absolute atomic E-state index is 0.00348. The molecule has 0 fully saturated rings. The number of halogens is 1. The minimum Gasteiger partial charge on any atom is -0.496 e. The van der Waals surface area contributed by atoms with Gasteiger partial charge in [0.2, 0.25) is 5.90 Å². The molecule has 1 aliphatic heterocycles. The van der Waals surface area contributed by atoms with E-state index in [1.807, 2.05) is 0 Å². The van der Waals surface area contributed by atoms with Crippen molar-refractivity contribution < 1.29 is 19.2 Å². The van der Waals surface area contributed by atoms with E-state index < -0.39 is 10.9 Å². The first-order valence-corrected chi connectivity index (χ1v) is 7.89. The Morgan fingerprint density at radius 1 is 1.28 bits per heavy atom. The van der Waals surface area contributed by atoms with Gasteiger partial charge in [0.25, 0.3) is 5.69 Å². The van der Waals surface area contributed by atoms with Gasteiger partial charge in [0.05, 0.1) is 22.1 Å². The van der Waals surface area contributed by atoms with Crippen molar-refractivity contribution in [1.82, 2.24) is 0 Å². The van der Waals surface area contributed by atoms with Crippen LogP contribution < -0.4 is 4.74 Å². The first kappa shape index (κ1) is 16.8. The monoisotopic (exact) mass is 402 g/mol. The fourth-order valence-corrected chi connectivity index (χ4v) is 2.80. The summed E-state index contributed by atoms with van der Waals surface area (Å²) in [6.07, 6.45) is 1.34. The molecule has 8 heteroatoms. The maximum absolute atomic E-state index is 12.0. The summed E-state index contributed by atoms with van der Waals surface area (Å²) in [5.74, 6) is 0.0858. The van der Waals surface area contributed by atoms with E-state index in [0.29, 0.717) is 15.8 Å². The quantitative estimate of drug-likeness (QED) is 0.336. The predicted octanol–water partition coefficient (Wildman–Crippen LogP) is 3.71. The number of benzene rings is 2. The average Bonchev–Trinajstić information content (AvgIpc) is 2.96. The van der Waals surface area contributed by atoms with Crippen LogP contribution in [0.2, 0.25) is 0 Å². The summed E-state index contributed by atoms with van der Waals surface area (Å²) in [7, 11) is 1.54. The van der Waals surface area contributed by atoms with E-state index in [4.69, 9.17) is 9.47 Å². The Kier molecular flexibility index (Phi) is 4.62. The van der Waals surface area contributed by atoms with E-state index in [-0.39, 0.29) is 22.8 Å². The van der Waals surface area contributed by atoms with Crippen molar-refractivity contribution in [2.75, 3.05) is 7.11 Å². The van der Waals surface area contributed by atoms with Gasteiger partial charge in [-0.1, -0.05) is 12.1 Å². The third kappa shape index (κ3) is 3.43. The summed E-state index contributed by atoms with van der Waals surface area (Å²) in [6, 6.07) is 11.2. The number of rotatable bonds is 4. The lowest BCUT2D eigenvalue weighted by Gasteiger charge is -2.05. The number of nitro groups is 1. The maximum Gasteiger partial charge on any atom is 0.363 e. The molecule has 1 heterocycles. The molecule has 1 aliphatic rings. The molecule has 0 amide bonds. The Labute approximate surface area is 150 Å². The van der Waals surface area contributed by atoms with Crippen LogP contribution in [0.15, 0.2) is 57.6 Å². The van der Waals surface area contributed by atoms with Crippen molar-refractivity contribution in [2.24, 2.45) is 4.99 Å². The number of carbonyl (C=O) groups excluding carboxylic acids is 1. The van der Waals surface area contributed by atoms with Gasteiger partial charge >= 0.3 is 5.97 Å². The molecule has 2 aromatic rings. The number of cyclic esters (lactones) is 1. The highest BCUT2D eigenvalue weighted by molar-refractivity contribution is 9.10. The van der Waals surface area contributed by atoms with E-state index in [1.165, 1.54) is 18.2 Å². The largest absolute Gasteiger partial charge is 0.496 e. The second kappa shape index (κ2) is 6.86. The number of nitro benzene ring substituents is 1. The van der Waals surface area contributed by atoms with Gasteiger partial charge in [-0.25, -0.2) is 9.79 Å². The van der Waals surface area contributed by atoms with Crippen LogP contribution in [0, 0.1) is 10.1 Å². The van der Waals surface area contributed by atoms with Crippen LogP contribution in [0.25, 0.3) is 6.08 Å². The molecule has 2 aromatic carbocycles. The van der Waals surface area contributed by atoms with Crippen molar-refractivity contribution in [1.29, 1.82) is 0 Å². The fourth-order valence-electron chi connectivity index (χ4n) is 2.26. The van der Waals surface area contributed by atoms with Gasteiger partial charge in [-0.05, 0) is 46.3 Å². The number of methoxy groups -OCH3 is 1. The average molecular weight is 403 g/mol. The van der Waals surface area contributed by atoms with Crippen molar-refractivity contribution in [2.45, 2.75) is 0 Å². The van der Waals surface area contributed by atoms with Crippen LogP contribution in [0.4, 0.5) is 5.69 Å². The van der Waals surface area contributed by atoms with E-state index in [2.05, 4.69) is 20.9 Å². The lowest BCUT2D eigenvalue weighted by Crippen LogP contribution is -2.05. The van der Waals surface area contributed by atoms with Gasteiger partial charge in [-0.15, -0.1) is 0 Å². The molecule has 0 N–H and O–H groups in total. The Morgan fingerprint density at radius 3 is 2.72 bits per heavy atom. The number of aliphatic imine (C=N–C) groups is 1. The number of nitrogens with zero attached hydrogens (tertiary/aromatic N) is 2. The topological polar surface area (TPSA) is 91.0 Å². The molecule has 0 radical (unpaired) electrons. The molecule has 3 rings (SSSR count). The van der Waals surface area contributed by atoms with Gasteiger partial charge in [-0.2, -0.15) is 0 Å². The Bertz CT molecular complexity index is 936. The molecule has 0 bridgehead atoms. The molecule has 0 saturated heterocycles. The molecule has 0 spiro atoms. The lowest BCUT2D eigenvalue weighted by atomic mass is 10.1. The van der Waals surface area contributed by atoms with Crippen LogP contribution in [-0.4, -0.2) is 23.9 Å². The van der Waals surface area contributed by atoms with Crippen molar-refractivity contribution in [3.8, 4) is 5.75 Å². The second-order valence-corrected chi connectivity index (χ2v) is 5.86. The summed E-state index contributed by atoms with van der Waals surface area (Å²) in [6.45, 7) is 0. The molecule has 0 aromatic heterocycles. The smallest absolute Gasteiger partial charge is 0.363 e. The first-order valence-electron chi connectivity index (χ1n) is 7.09. The molecule has 25 heavy (non-hydrogen) atoms. The van der Waals surface area contributed by atoms with Gasteiger partial charge in [0.15, 0.2) is 5.70 Å². The zero-order chi connectivity index (χ0) is 18.0. The number of para-hydroxylation sites is 1. The summed E-state index contributed by atoms with van der Waals surface area (Å²) < 4.78 is 11.0. The number of esters is 1. The Morgan fingerprint density at radius 2 is 2.04 bits per heavy atom. The van der Waals surface area contributed by atoms with E-state index in [9.17, 15) is 14.9 Å². The molecule has 0 atom stereocenters. The lowest BCUT2D eigenvalue weighted by molar-refractivity contribution is -0.385. The molecule has 0 saturated carbocycles. The highest BCUT2D eigenvalue weighted by Crippen LogP contribution is 2.28. The predicted molar refractivity (Wildman–Crippen MR) is 94.4 cm³/mol. The highest BCUT2D eigenvalue weighted by atomic mass is 79.9. The maximum atomic E-state index is 12.0. The summed E-state index contributed by atoms with van der Waals surface area (Å²) in [5, 5.41) is 11.1. The Balaban J connectivity index is 1.98. The highest BCUT2D eigenvalue weighted by Gasteiger charge is 2.25. The van der Waals surface area contributed by atoms with Crippen molar-refractivity contribution in [3.05, 3.63) is 73.9 Å². The molecule has 0 aliphatic carbocycles. The minimum atomic E-state index is -0.667. The van der Waals surface area contributed by atoms with Gasteiger partial charge in [0, 0.05) is 11.6 Å². The van der Waals surface area contributed by atoms with Crippen LogP contribution in [0.5, 0.6) is 5.75 Å². The third-order valence-corrected chi connectivity index (χ3v) is 4.06. The normalized spacial score (nSPS) is 15.0. The third-order valence-electron chi connectivity index (χ3n) is 3.44. The van der Waals surface area contributed by atoms with Gasteiger partial charge in [-0.3, -0.25) is 10.1 Å². The van der Waals surface area contributed by atoms with E-state index in [0.717, 1.165) is 0 Å². The van der Waals surface area contributed by atoms with Crippen molar-refractivity contribution >= 4 is 39.6 Å². The second-order valence-electron chi connectivity index (χ2n) is 5.00. The zero-order valence-corrected chi connectivity index (χ0v) is 14.5. The number of hydrogen-bond acceptors (Lipinski definition) is 6. The molecule has 7 nitrogen and oxygen atoms in total. The summed E-state index contributed by atoms with van der Waals surface area (Å²) in [4.78, 5) is 26.7. The number of ether oxygens (including phenoxy) is 2. The number of hydrogen-bond donors (Lipinski definition) is 0. The van der Waals surface area contributed by atoms with Crippen LogP contribution >= 0.6 is 15.9 Å². The molecule has 126 valence electrons. The summed E-state index contributed by atoms with van der Waals surface area (Å²) in [5.41, 5.74) is 0.738. The number of carbonyl (C=O) groups is 1. The van der Waals surface area contributed by atoms with Gasteiger partial charge < -0.3 is 9.47 Å². The van der Waals surface area contributed by atoms with Crippen LogP contribution in [0.3, 0.4) is 0 Å². The SMILES string of the molecule is COc1ccc(C2=N/C(=C\c3ccccc3[N+](=O)[O-])C(=O)O2)cc1Br. The van der Waals surface area contributed by atoms with Crippen LogP contribution in [0.1, 0.15) is 11.1 Å². The molecular weight excluding hydrogens is 392 g/mol. The zero-order valence-electron chi connectivity index (χ0n) is 12.9.